The average molecular weight is 272 g/mol. The molecule has 0 bridgehead atoms. The first kappa shape index (κ1) is 13.1. The fourth-order valence-corrected chi connectivity index (χ4v) is 2.33. The highest BCUT2D eigenvalue weighted by molar-refractivity contribution is 5.98. The normalized spacial score (nSPS) is 15.0. The molecule has 20 heavy (non-hydrogen) atoms. The van der Waals surface area contributed by atoms with Gasteiger partial charge in [0.1, 0.15) is 0 Å². The van der Waals surface area contributed by atoms with E-state index < -0.39 is 0 Å². The molecule has 1 aliphatic rings. The molecule has 5 heteroatoms. The monoisotopic (exact) mass is 272 g/mol. The average Bonchev–Trinajstić information content (AvgIpc) is 3.14. The van der Waals surface area contributed by atoms with Crippen LogP contribution in [0, 0.1) is 12.8 Å². The van der Waals surface area contributed by atoms with E-state index in [1.165, 1.54) is 12.8 Å². The van der Waals surface area contributed by atoms with E-state index in [0.29, 0.717) is 11.5 Å². The number of pyridine rings is 1. The topological polar surface area (TPSA) is 59.8 Å². The highest BCUT2D eigenvalue weighted by Gasteiger charge is 2.22. The lowest BCUT2D eigenvalue weighted by molar-refractivity contribution is 0.0951. The zero-order valence-electron chi connectivity index (χ0n) is 12.2. The van der Waals surface area contributed by atoms with Crippen molar-refractivity contribution < 1.29 is 4.79 Å². The lowest BCUT2D eigenvalue weighted by Crippen LogP contribution is -2.26. The molecule has 1 fully saturated rings. The first-order chi connectivity index (χ1) is 9.56. The van der Waals surface area contributed by atoms with Crippen molar-refractivity contribution in [2.24, 2.45) is 5.92 Å². The summed E-state index contributed by atoms with van der Waals surface area (Å²) in [7, 11) is 0. The van der Waals surface area contributed by atoms with Gasteiger partial charge in [0.15, 0.2) is 5.65 Å². The van der Waals surface area contributed by atoms with Crippen molar-refractivity contribution in [3.05, 3.63) is 23.5 Å². The molecule has 2 aromatic rings. The van der Waals surface area contributed by atoms with Crippen molar-refractivity contribution in [2.75, 3.05) is 6.54 Å². The van der Waals surface area contributed by atoms with E-state index >= 15 is 0 Å². The summed E-state index contributed by atoms with van der Waals surface area (Å²) in [4.78, 5) is 16.8. The molecular weight excluding hydrogens is 252 g/mol. The summed E-state index contributed by atoms with van der Waals surface area (Å²) >= 11 is 0. The molecule has 0 saturated heterocycles. The number of hydrogen-bond acceptors (Lipinski definition) is 3. The summed E-state index contributed by atoms with van der Waals surface area (Å²) in [6.07, 6.45) is 4.24. The number of fused-ring (bicyclic) bond motifs is 1. The van der Waals surface area contributed by atoms with E-state index in [0.717, 1.165) is 23.3 Å². The van der Waals surface area contributed by atoms with Crippen LogP contribution in [0.15, 0.2) is 12.3 Å². The van der Waals surface area contributed by atoms with Gasteiger partial charge in [0.25, 0.3) is 5.91 Å². The predicted octanol–water partition coefficient (Wildman–Crippen LogP) is 2.46. The van der Waals surface area contributed by atoms with Crippen LogP contribution in [0.5, 0.6) is 0 Å². The molecule has 1 amide bonds. The maximum Gasteiger partial charge on any atom is 0.253 e. The summed E-state index contributed by atoms with van der Waals surface area (Å²) in [5.41, 5.74) is 2.26. The summed E-state index contributed by atoms with van der Waals surface area (Å²) in [6.45, 7) is 6.80. The summed E-state index contributed by atoms with van der Waals surface area (Å²) in [5, 5.41) is 8.25. The summed E-state index contributed by atoms with van der Waals surface area (Å²) in [6, 6.07) is 2.15. The lowest BCUT2D eigenvalue weighted by atomic mass is 10.1. The van der Waals surface area contributed by atoms with Crippen LogP contribution in [0.25, 0.3) is 11.0 Å². The summed E-state index contributed by atoms with van der Waals surface area (Å²) < 4.78 is 1.88. The molecule has 2 heterocycles. The molecule has 0 spiro atoms. The smallest absolute Gasteiger partial charge is 0.253 e. The summed E-state index contributed by atoms with van der Waals surface area (Å²) in [5.74, 6) is 0.653. The van der Waals surface area contributed by atoms with Gasteiger partial charge in [-0.1, -0.05) is 0 Å². The third kappa shape index (κ3) is 2.40. The number of aryl methyl sites for hydroxylation is 1. The van der Waals surface area contributed by atoms with Gasteiger partial charge >= 0.3 is 0 Å². The molecule has 0 atom stereocenters. The molecule has 0 aliphatic heterocycles. The fraction of sp³-hybridized carbons (Fsp3) is 0.533. The van der Waals surface area contributed by atoms with E-state index in [1.54, 1.807) is 6.20 Å². The van der Waals surface area contributed by atoms with Crippen LogP contribution in [0.1, 0.15) is 48.8 Å². The standard InChI is InChI=1S/C15H20N4O/c1-9(2)19-14-12(8-17-19)6-13(10(3)18-14)15(20)16-7-11-4-5-11/h6,8-9,11H,4-5,7H2,1-3H3,(H,16,20). The lowest BCUT2D eigenvalue weighted by Gasteiger charge is -2.09. The Morgan fingerprint density at radius 2 is 2.25 bits per heavy atom. The van der Waals surface area contributed by atoms with Crippen LogP contribution in [0.2, 0.25) is 0 Å². The van der Waals surface area contributed by atoms with E-state index in [9.17, 15) is 4.79 Å². The van der Waals surface area contributed by atoms with Crippen LogP contribution < -0.4 is 5.32 Å². The first-order valence-electron chi connectivity index (χ1n) is 7.19. The van der Waals surface area contributed by atoms with Crippen molar-refractivity contribution in [2.45, 2.75) is 39.7 Å². The minimum atomic E-state index is -0.0268. The molecule has 0 radical (unpaired) electrons. The molecule has 3 rings (SSSR count). The van der Waals surface area contributed by atoms with Crippen molar-refractivity contribution in [3.63, 3.8) is 0 Å². The molecule has 0 aromatic carbocycles. The van der Waals surface area contributed by atoms with Gasteiger partial charge in [0.2, 0.25) is 0 Å². The Bertz CT molecular complexity index is 655. The number of hydrogen-bond donors (Lipinski definition) is 1. The maximum absolute atomic E-state index is 12.2. The van der Waals surface area contributed by atoms with Gasteiger partial charge in [-0.25, -0.2) is 9.67 Å². The zero-order valence-corrected chi connectivity index (χ0v) is 12.2. The Balaban J connectivity index is 1.91. The second-order valence-corrected chi connectivity index (χ2v) is 5.87. The van der Waals surface area contributed by atoms with E-state index in [2.05, 4.69) is 29.2 Å². The van der Waals surface area contributed by atoms with Crippen LogP contribution >= 0.6 is 0 Å². The van der Waals surface area contributed by atoms with Crippen LogP contribution in [0.4, 0.5) is 0 Å². The van der Waals surface area contributed by atoms with Crippen LogP contribution in [-0.2, 0) is 0 Å². The van der Waals surface area contributed by atoms with Gasteiger partial charge in [0, 0.05) is 18.0 Å². The van der Waals surface area contributed by atoms with Crippen molar-refractivity contribution >= 4 is 16.9 Å². The molecular formula is C15H20N4O. The molecule has 1 saturated carbocycles. The Morgan fingerprint density at radius 1 is 1.50 bits per heavy atom. The quantitative estimate of drug-likeness (QED) is 0.930. The Morgan fingerprint density at radius 3 is 2.90 bits per heavy atom. The number of aromatic nitrogens is 3. The van der Waals surface area contributed by atoms with Gasteiger partial charge in [0.05, 0.1) is 17.5 Å². The predicted molar refractivity (Wildman–Crippen MR) is 77.7 cm³/mol. The van der Waals surface area contributed by atoms with Crippen LogP contribution in [-0.4, -0.2) is 27.2 Å². The number of nitrogens with zero attached hydrogens (tertiary/aromatic N) is 3. The third-order valence-electron chi connectivity index (χ3n) is 3.74. The number of rotatable bonds is 4. The van der Waals surface area contributed by atoms with Gasteiger partial charge in [-0.3, -0.25) is 4.79 Å². The minimum absolute atomic E-state index is 0.0268. The molecule has 5 nitrogen and oxygen atoms in total. The van der Waals surface area contributed by atoms with Crippen molar-refractivity contribution in [1.29, 1.82) is 0 Å². The van der Waals surface area contributed by atoms with Gasteiger partial charge < -0.3 is 5.32 Å². The number of carbonyl (C=O) groups is 1. The third-order valence-corrected chi connectivity index (χ3v) is 3.74. The van der Waals surface area contributed by atoms with Gasteiger partial charge in [-0.2, -0.15) is 5.10 Å². The number of nitrogens with one attached hydrogen (secondary N) is 1. The van der Waals surface area contributed by atoms with Crippen LogP contribution in [0.3, 0.4) is 0 Å². The molecule has 0 unspecified atom stereocenters. The Kier molecular flexibility index (Phi) is 3.20. The zero-order chi connectivity index (χ0) is 14.3. The fourth-order valence-electron chi connectivity index (χ4n) is 2.33. The Labute approximate surface area is 118 Å². The van der Waals surface area contributed by atoms with E-state index in [1.807, 2.05) is 17.7 Å². The SMILES string of the molecule is Cc1nc2c(cnn2C(C)C)cc1C(=O)NCC1CC1. The maximum atomic E-state index is 12.2. The largest absolute Gasteiger partial charge is 0.352 e. The first-order valence-corrected chi connectivity index (χ1v) is 7.19. The number of amides is 1. The molecule has 2 aromatic heterocycles. The molecule has 1 aliphatic carbocycles. The van der Waals surface area contributed by atoms with Gasteiger partial charge in [-0.05, 0) is 45.6 Å². The van der Waals surface area contributed by atoms with E-state index in [4.69, 9.17) is 0 Å². The minimum Gasteiger partial charge on any atom is -0.352 e. The highest BCUT2D eigenvalue weighted by Crippen LogP contribution is 2.27. The Hall–Kier alpha value is -1.91. The van der Waals surface area contributed by atoms with Crippen molar-refractivity contribution in [3.8, 4) is 0 Å². The van der Waals surface area contributed by atoms with Crippen molar-refractivity contribution in [1.82, 2.24) is 20.1 Å². The molecule has 106 valence electrons. The second kappa shape index (κ2) is 4.89. The van der Waals surface area contributed by atoms with Gasteiger partial charge in [-0.15, -0.1) is 0 Å². The molecule has 1 N–H and O–H groups in total. The second-order valence-electron chi connectivity index (χ2n) is 5.87. The van der Waals surface area contributed by atoms with E-state index in [-0.39, 0.29) is 11.9 Å². The number of carbonyl (C=O) groups excluding carboxylic acids is 1. The highest BCUT2D eigenvalue weighted by atomic mass is 16.1.